The lowest BCUT2D eigenvalue weighted by molar-refractivity contribution is 0.178. The van der Waals surface area contributed by atoms with Crippen molar-refractivity contribution >= 4 is 5.69 Å². The van der Waals surface area contributed by atoms with E-state index in [4.69, 9.17) is 4.74 Å². The van der Waals surface area contributed by atoms with E-state index < -0.39 is 0 Å². The van der Waals surface area contributed by atoms with Gasteiger partial charge in [0.15, 0.2) is 11.3 Å². The lowest BCUT2D eigenvalue weighted by Gasteiger charge is -2.31. The van der Waals surface area contributed by atoms with Gasteiger partial charge in [-0.2, -0.15) is 0 Å². The monoisotopic (exact) mass is 383 g/mol. The SMILES string of the molecule is CN1C2=C([C+]=C(OCCN3CCCC3)C=C2)C(c2ccccc2)c2ccccc21. The Morgan fingerprint density at radius 3 is 2.55 bits per heavy atom. The summed E-state index contributed by atoms with van der Waals surface area (Å²) in [6.07, 6.45) is 10.5. The molecule has 0 bridgehead atoms. The van der Waals surface area contributed by atoms with Crippen molar-refractivity contribution in [2.24, 2.45) is 0 Å². The van der Waals surface area contributed by atoms with E-state index in [1.54, 1.807) is 0 Å². The number of hydrogen-bond donors (Lipinski definition) is 0. The van der Waals surface area contributed by atoms with E-state index in [0.717, 1.165) is 18.9 Å². The maximum absolute atomic E-state index is 6.13. The minimum Gasteiger partial charge on any atom is -0.464 e. The molecule has 1 fully saturated rings. The summed E-state index contributed by atoms with van der Waals surface area (Å²) in [5.74, 6) is 1.01. The van der Waals surface area contributed by atoms with Crippen molar-refractivity contribution < 1.29 is 4.74 Å². The van der Waals surface area contributed by atoms with E-state index in [2.05, 4.69) is 89.7 Å². The summed E-state index contributed by atoms with van der Waals surface area (Å²) in [6, 6.07) is 19.4. The molecule has 146 valence electrons. The molecule has 0 spiro atoms. The van der Waals surface area contributed by atoms with Gasteiger partial charge >= 0.3 is 0 Å². The lowest BCUT2D eigenvalue weighted by atomic mass is 9.79. The van der Waals surface area contributed by atoms with Gasteiger partial charge in [-0.25, -0.2) is 0 Å². The third-order valence-corrected chi connectivity index (χ3v) is 6.18. The van der Waals surface area contributed by atoms with E-state index in [1.807, 2.05) is 0 Å². The summed E-state index contributed by atoms with van der Waals surface area (Å²) in [7, 11) is 2.14. The van der Waals surface area contributed by atoms with Crippen molar-refractivity contribution in [3.63, 3.8) is 0 Å². The van der Waals surface area contributed by atoms with Crippen molar-refractivity contribution in [3.05, 3.63) is 101 Å². The van der Waals surface area contributed by atoms with Crippen LogP contribution in [-0.4, -0.2) is 38.2 Å². The number of fused-ring (bicyclic) bond motifs is 1. The smallest absolute Gasteiger partial charge is 0.289 e. The van der Waals surface area contributed by atoms with Crippen LogP contribution in [0, 0.1) is 6.08 Å². The molecule has 2 aromatic carbocycles. The van der Waals surface area contributed by atoms with Gasteiger partial charge in [-0.3, -0.25) is 9.80 Å². The maximum Gasteiger partial charge on any atom is 0.289 e. The molecule has 1 saturated heterocycles. The molecule has 2 aromatic rings. The summed E-state index contributed by atoms with van der Waals surface area (Å²) in [5, 5.41) is 0. The Morgan fingerprint density at radius 2 is 1.72 bits per heavy atom. The predicted molar refractivity (Wildman–Crippen MR) is 118 cm³/mol. The van der Waals surface area contributed by atoms with Crippen LogP contribution in [0.2, 0.25) is 0 Å². The molecule has 5 rings (SSSR count). The predicted octanol–water partition coefficient (Wildman–Crippen LogP) is 4.89. The van der Waals surface area contributed by atoms with Gasteiger partial charge in [0.2, 0.25) is 0 Å². The highest BCUT2D eigenvalue weighted by Crippen LogP contribution is 2.46. The molecule has 0 aromatic heterocycles. The van der Waals surface area contributed by atoms with Crippen LogP contribution in [0.15, 0.2) is 83.8 Å². The Balaban J connectivity index is 1.46. The van der Waals surface area contributed by atoms with Crippen LogP contribution in [0.3, 0.4) is 0 Å². The number of nitrogens with zero attached hydrogens (tertiary/aromatic N) is 2. The van der Waals surface area contributed by atoms with Crippen LogP contribution in [0.5, 0.6) is 0 Å². The quantitative estimate of drug-likeness (QED) is 0.684. The fraction of sp³-hybridized carbons (Fsp3) is 0.308. The zero-order chi connectivity index (χ0) is 19.6. The Morgan fingerprint density at radius 1 is 0.966 bits per heavy atom. The molecular weight excluding hydrogens is 356 g/mol. The molecule has 1 atom stereocenters. The highest BCUT2D eigenvalue weighted by molar-refractivity contribution is 5.71. The minimum atomic E-state index is 0.167. The van der Waals surface area contributed by atoms with E-state index in [-0.39, 0.29) is 5.92 Å². The van der Waals surface area contributed by atoms with Crippen LogP contribution in [0.4, 0.5) is 5.69 Å². The van der Waals surface area contributed by atoms with Gasteiger partial charge in [-0.05, 0) is 43.1 Å². The fourth-order valence-corrected chi connectivity index (χ4v) is 4.68. The summed E-state index contributed by atoms with van der Waals surface area (Å²) in [6.45, 7) is 4.12. The number of para-hydroxylation sites is 1. The highest BCUT2D eigenvalue weighted by Gasteiger charge is 2.38. The third-order valence-electron chi connectivity index (χ3n) is 6.18. The normalized spacial score (nSPS) is 20.8. The molecule has 29 heavy (non-hydrogen) atoms. The van der Waals surface area contributed by atoms with Crippen LogP contribution >= 0.6 is 0 Å². The first-order chi connectivity index (χ1) is 14.3. The molecule has 0 saturated carbocycles. The Bertz CT molecular complexity index is 967. The van der Waals surface area contributed by atoms with Crippen molar-refractivity contribution in [2.75, 3.05) is 38.2 Å². The average Bonchev–Trinajstić information content (AvgIpc) is 3.28. The lowest BCUT2D eigenvalue weighted by Crippen LogP contribution is -2.28. The standard InChI is InChI=1S/C26H27N2O/c1-27-24-12-6-5-11-22(24)26(20-9-3-2-4-10-20)23-19-21(13-14-25(23)27)29-18-17-28-15-7-8-16-28/h2-6,9-14,26H,7-8,15-18H2,1H3/q+1. The average molecular weight is 384 g/mol. The summed E-state index contributed by atoms with van der Waals surface area (Å²) >= 11 is 0. The topological polar surface area (TPSA) is 15.7 Å². The van der Waals surface area contributed by atoms with Gasteiger partial charge in [-0.1, -0.05) is 48.5 Å². The third kappa shape index (κ3) is 3.48. The molecular formula is C26H27N2O+. The molecule has 1 unspecified atom stereocenters. The molecule has 2 heterocycles. The fourth-order valence-electron chi connectivity index (χ4n) is 4.68. The molecule has 3 heteroatoms. The molecule has 2 aliphatic heterocycles. The minimum absolute atomic E-state index is 0.167. The summed E-state index contributed by atoms with van der Waals surface area (Å²) in [5.41, 5.74) is 6.25. The van der Waals surface area contributed by atoms with Gasteiger partial charge in [0, 0.05) is 13.6 Å². The molecule has 0 radical (unpaired) electrons. The summed E-state index contributed by atoms with van der Waals surface area (Å²) < 4.78 is 6.13. The van der Waals surface area contributed by atoms with Gasteiger partial charge in [0.25, 0.3) is 5.76 Å². The van der Waals surface area contributed by atoms with Crippen LogP contribution in [-0.2, 0) is 4.74 Å². The van der Waals surface area contributed by atoms with E-state index in [1.165, 1.54) is 54.0 Å². The number of anilines is 1. The van der Waals surface area contributed by atoms with E-state index in [9.17, 15) is 0 Å². The number of benzene rings is 2. The van der Waals surface area contributed by atoms with Gasteiger partial charge in [0.05, 0.1) is 29.8 Å². The molecule has 3 aliphatic rings. The van der Waals surface area contributed by atoms with E-state index >= 15 is 0 Å². The van der Waals surface area contributed by atoms with Crippen LogP contribution in [0.1, 0.15) is 29.9 Å². The Kier molecular flexibility index (Phi) is 4.93. The van der Waals surface area contributed by atoms with Crippen molar-refractivity contribution in [3.8, 4) is 0 Å². The highest BCUT2D eigenvalue weighted by atomic mass is 16.5. The first-order valence-electron chi connectivity index (χ1n) is 10.6. The number of rotatable bonds is 5. The molecule has 1 aliphatic carbocycles. The molecule has 0 amide bonds. The summed E-state index contributed by atoms with van der Waals surface area (Å²) in [4.78, 5) is 4.75. The number of hydrogen-bond acceptors (Lipinski definition) is 3. The van der Waals surface area contributed by atoms with Gasteiger partial charge in [-0.15, -0.1) is 0 Å². The number of likely N-dealkylation sites (N-methyl/N-ethyl adjacent to an activating group) is 1. The van der Waals surface area contributed by atoms with E-state index in [0.29, 0.717) is 0 Å². The zero-order valence-corrected chi connectivity index (χ0v) is 17.0. The Labute approximate surface area is 173 Å². The van der Waals surface area contributed by atoms with Crippen LogP contribution < -0.4 is 4.90 Å². The van der Waals surface area contributed by atoms with Crippen molar-refractivity contribution in [1.29, 1.82) is 0 Å². The number of likely N-dealkylation sites (tertiary alicyclic amines) is 1. The number of ether oxygens (including phenoxy) is 1. The zero-order valence-electron chi connectivity index (χ0n) is 17.0. The second-order valence-electron chi connectivity index (χ2n) is 7.98. The second kappa shape index (κ2) is 7.87. The maximum atomic E-state index is 6.13. The number of allylic oxidation sites excluding steroid dienone is 4. The van der Waals surface area contributed by atoms with Crippen molar-refractivity contribution in [2.45, 2.75) is 18.8 Å². The Hall–Kier alpha value is -2.87. The van der Waals surface area contributed by atoms with Crippen molar-refractivity contribution in [1.82, 2.24) is 4.90 Å². The molecule has 0 N–H and O–H groups in total. The van der Waals surface area contributed by atoms with Gasteiger partial charge < -0.3 is 4.74 Å². The first kappa shape index (κ1) is 18.2. The van der Waals surface area contributed by atoms with Crippen LogP contribution in [0.25, 0.3) is 0 Å². The molecule has 3 nitrogen and oxygen atoms in total. The second-order valence-corrected chi connectivity index (χ2v) is 7.98. The largest absolute Gasteiger partial charge is 0.464 e. The van der Waals surface area contributed by atoms with Gasteiger partial charge in [0.1, 0.15) is 6.61 Å². The first-order valence-corrected chi connectivity index (χ1v) is 10.6.